The van der Waals surface area contributed by atoms with Crippen molar-refractivity contribution in [3.8, 4) is 0 Å². The monoisotopic (exact) mass is 311 g/mol. The van der Waals surface area contributed by atoms with Crippen LogP contribution in [0.2, 0.25) is 0 Å². The van der Waals surface area contributed by atoms with Crippen LogP contribution in [0, 0.1) is 6.92 Å². The summed E-state index contributed by atoms with van der Waals surface area (Å²) in [6.07, 6.45) is 0.520. The molecule has 1 atom stereocenters. The summed E-state index contributed by atoms with van der Waals surface area (Å²) in [5.74, 6) is -0.313. The molecule has 0 aliphatic carbocycles. The molecule has 0 heterocycles. The van der Waals surface area contributed by atoms with Crippen molar-refractivity contribution in [2.45, 2.75) is 52.3 Å². The Kier molecular flexibility index (Phi) is 5.96. The van der Waals surface area contributed by atoms with Crippen LogP contribution in [-0.2, 0) is 14.6 Å². The van der Waals surface area contributed by atoms with E-state index in [-0.39, 0.29) is 17.7 Å². The minimum absolute atomic E-state index is 0.0413. The van der Waals surface area contributed by atoms with E-state index < -0.39 is 15.1 Å². The lowest BCUT2D eigenvalue weighted by Crippen LogP contribution is -2.46. The zero-order valence-electron chi connectivity index (χ0n) is 13.5. The van der Waals surface area contributed by atoms with Crippen LogP contribution in [0.15, 0.2) is 24.3 Å². The van der Waals surface area contributed by atoms with Crippen LogP contribution < -0.4 is 4.90 Å². The van der Waals surface area contributed by atoms with Gasteiger partial charge in [0.05, 0.1) is 5.75 Å². The van der Waals surface area contributed by atoms with E-state index in [9.17, 15) is 13.2 Å². The Labute approximate surface area is 128 Å². The molecular formula is C16H25NO3S. The molecule has 0 fully saturated rings. The maximum atomic E-state index is 12.7. The van der Waals surface area contributed by atoms with Crippen molar-refractivity contribution < 1.29 is 13.2 Å². The molecule has 0 aliphatic rings. The first kappa shape index (κ1) is 17.7. The molecule has 1 aromatic rings. The molecule has 0 bridgehead atoms. The van der Waals surface area contributed by atoms with Gasteiger partial charge in [-0.15, -0.1) is 0 Å². The Morgan fingerprint density at radius 2 is 1.76 bits per heavy atom. The van der Waals surface area contributed by atoms with Crippen molar-refractivity contribution in [1.82, 2.24) is 0 Å². The molecule has 0 aromatic heterocycles. The molecule has 1 unspecified atom stereocenters. The van der Waals surface area contributed by atoms with Crippen LogP contribution in [0.4, 0.5) is 5.69 Å². The Hall–Kier alpha value is -1.36. The molecular weight excluding hydrogens is 286 g/mol. The molecule has 118 valence electrons. The number of anilines is 1. The van der Waals surface area contributed by atoms with Crippen LogP contribution in [0.25, 0.3) is 0 Å². The lowest BCUT2D eigenvalue weighted by Gasteiger charge is -2.30. The number of carbonyl (C=O) groups is 1. The van der Waals surface area contributed by atoms with Gasteiger partial charge in [-0.2, -0.15) is 0 Å². The number of aryl methyl sites for hydroxylation is 1. The average molecular weight is 311 g/mol. The maximum Gasteiger partial charge on any atom is 0.245 e. The van der Waals surface area contributed by atoms with Gasteiger partial charge in [0.1, 0.15) is 5.25 Å². The largest absolute Gasteiger partial charge is 0.309 e. The first-order chi connectivity index (χ1) is 9.72. The van der Waals surface area contributed by atoms with Gasteiger partial charge >= 0.3 is 0 Å². The number of hydrogen-bond donors (Lipinski definition) is 0. The normalized spacial score (nSPS) is 13.2. The SMILES string of the molecule is CCCS(=O)(=O)C(C)C(=O)N(c1ccccc1C)C(C)C. The quantitative estimate of drug-likeness (QED) is 0.811. The van der Waals surface area contributed by atoms with Crippen LogP contribution >= 0.6 is 0 Å². The summed E-state index contributed by atoms with van der Waals surface area (Å²) >= 11 is 0. The van der Waals surface area contributed by atoms with Gasteiger partial charge in [-0.25, -0.2) is 8.42 Å². The number of rotatable bonds is 6. The number of hydrogen-bond acceptors (Lipinski definition) is 3. The third kappa shape index (κ3) is 4.06. The number of para-hydroxylation sites is 1. The van der Waals surface area contributed by atoms with E-state index in [0.29, 0.717) is 6.42 Å². The topological polar surface area (TPSA) is 54.5 Å². The van der Waals surface area contributed by atoms with Crippen LogP contribution in [0.3, 0.4) is 0 Å². The summed E-state index contributed by atoms with van der Waals surface area (Å²) in [5, 5.41) is -1.01. The van der Waals surface area contributed by atoms with Crippen LogP contribution in [0.5, 0.6) is 0 Å². The fourth-order valence-corrected chi connectivity index (χ4v) is 3.64. The molecule has 0 N–H and O–H groups in total. The summed E-state index contributed by atoms with van der Waals surface area (Å²) in [5.41, 5.74) is 1.73. The average Bonchev–Trinajstić information content (AvgIpc) is 2.39. The smallest absolute Gasteiger partial charge is 0.245 e. The molecule has 0 saturated heterocycles. The Morgan fingerprint density at radius 3 is 2.24 bits per heavy atom. The van der Waals surface area contributed by atoms with Gasteiger partial charge in [0.15, 0.2) is 9.84 Å². The van der Waals surface area contributed by atoms with Crippen molar-refractivity contribution in [2.75, 3.05) is 10.7 Å². The maximum absolute atomic E-state index is 12.7. The van der Waals surface area contributed by atoms with E-state index in [4.69, 9.17) is 0 Å². The second kappa shape index (κ2) is 7.07. The van der Waals surface area contributed by atoms with Gasteiger partial charge in [-0.3, -0.25) is 4.79 Å². The first-order valence-electron chi connectivity index (χ1n) is 7.32. The second-order valence-corrected chi connectivity index (χ2v) is 8.04. The van der Waals surface area contributed by atoms with Gasteiger partial charge in [0.25, 0.3) is 0 Å². The van der Waals surface area contributed by atoms with E-state index >= 15 is 0 Å². The summed E-state index contributed by atoms with van der Waals surface area (Å²) in [4.78, 5) is 14.3. The number of amides is 1. The fraction of sp³-hybridized carbons (Fsp3) is 0.562. The molecule has 1 aromatic carbocycles. The fourth-order valence-electron chi connectivity index (χ4n) is 2.30. The van der Waals surface area contributed by atoms with Crippen molar-refractivity contribution in [1.29, 1.82) is 0 Å². The standard InChI is InChI=1S/C16H25NO3S/c1-6-11-21(19,20)14(5)16(18)17(12(2)3)15-10-8-7-9-13(15)4/h7-10,12,14H,6,11H2,1-5H3. The predicted molar refractivity (Wildman–Crippen MR) is 87.3 cm³/mol. The van der Waals surface area contributed by atoms with Crippen molar-refractivity contribution in [2.24, 2.45) is 0 Å². The molecule has 0 spiro atoms. The summed E-state index contributed by atoms with van der Waals surface area (Å²) in [7, 11) is -3.40. The molecule has 4 nitrogen and oxygen atoms in total. The van der Waals surface area contributed by atoms with E-state index in [1.807, 2.05) is 45.0 Å². The zero-order valence-corrected chi connectivity index (χ0v) is 14.3. The highest BCUT2D eigenvalue weighted by Crippen LogP contribution is 2.24. The van der Waals surface area contributed by atoms with E-state index in [2.05, 4.69) is 0 Å². The highest BCUT2D eigenvalue weighted by Gasteiger charge is 2.33. The van der Waals surface area contributed by atoms with Gasteiger partial charge in [-0.1, -0.05) is 25.1 Å². The van der Waals surface area contributed by atoms with Gasteiger partial charge in [0.2, 0.25) is 5.91 Å². The Morgan fingerprint density at radius 1 is 1.19 bits per heavy atom. The van der Waals surface area contributed by atoms with Gasteiger partial charge in [0, 0.05) is 11.7 Å². The molecule has 0 radical (unpaired) electrons. The van der Waals surface area contributed by atoms with Crippen molar-refractivity contribution in [3.63, 3.8) is 0 Å². The summed E-state index contributed by atoms with van der Waals surface area (Å²) < 4.78 is 24.3. The lowest BCUT2D eigenvalue weighted by molar-refractivity contribution is -0.118. The minimum Gasteiger partial charge on any atom is -0.309 e. The number of carbonyl (C=O) groups excluding carboxylic acids is 1. The van der Waals surface area contributed by atoms with E-state index in [0.717, 1.165) is 11.3 Å². The molecule has 0 aliphatic heterocycles. The lowest BCUT2D eigenvalue weighted by atomic mass is 10.1. The molecule has 1 amide bonds. The predicted octanol–water partition coefficient (Wildman–Crippen LogP) is 2.95. The molecule has 21 heavy (non-hydrogen) atoms. The van der Waals surface area contributed by atoms with E-state index in [1.54, 1.807) is 11.8 Å². The minimum atomic E-state index is -3.40. The molecule has 1 rings (SSSR count). The van der Waals surface area contributed by atoms with Crippen LogP contribution in [0.1, 0.15) is 39.7 Å². The number of nitrogens with zero attached hydrogens (tertiary/aromatic N) is 1. The van der Waals surface area contributed by atoms with Crippen LogP contribution in [-0.4, -0.2) is 31.4 Å². The molecule has 0 saturated carbocycles. The third-order valence-electron chi connectivity index (χ3n) is 3.50. The van der Waals surface area contributed by atoms with E-state index in [1.165, 1.54) is 6.92 Å². The third-order valence-corrected chi connectivity index (χ3v) is 5.76. The second-order valence-electron chi connectivity index (χ2n) is 5.60. The van der Waals surface area contributed by atoms with Gasteiger partial charge in [-0.05, 0) is 45.7 Å². The highest BCUT2D eigenvalue weighted by atomic mass is 32.2. The zero-order chi connectivity index (χ0) is 16.2. The Bertz CT molecular complexity index is 593. The first-order valence-corrected chi connectivity index (χ1v) is 9.04. The Balaban J connectivity index is 3.19. The summed E-state index contributed by atoms with van der Waals surface area (Å²) in [6.45, 7) is 8.99. The summed E-state index contributed by atoms with van der Waals surface area (Å²) in [6, 6.07) is 7.43. The van der Waals surface area contributed by atoms with Gasteiger partial charge < -0.3 is 4.90 Å². The number of benzene rings is 1. The van der Waals surface area contributed by atoms with Crippen molar-refractivity contribution >= 4 is 21.4 Å². The van der Waals surface area contributed by atoms with Crippen molar-refractivity contribution in [3.05, 3.63) is 29.8 Å². The number of sulfone groups is 1. The molecule has 5 heteroatoms. The highest BCUT2D eigenvalue weighted by molar-refractivity contribution is 7.92.